The lowest BCUT2D eigenvalue weighted by Crippen LogP contribution is -2.40. The third-order valence-corrected chi connectivity index (χ3v) is 15.0. The summed E-state index contributed by atoms with van der Waals surface area (Å²) in [5.41, 5.74) is -6.21. The van der Waals surface area contributed by atoms with Crippen LogP contribution in [0, 0.1) is 54.1 Å². The molecule has 0 spiro atoms. The Kier molecular flexibility index (Phi) is 13.6. The van der Waals surface area contributed by atoms with Crippen molar-refractivity contribution < 1.29 is 80.2 Å². The Morgan fingerprint density at radius 3 is 2.11 bits per heavy atom. The van der Waals surface area contributed by atoms with E-state index in [1.807, 2.05) is 0 Å². The number of pyridine rings is 1. The number of aryl methyl sites for hydroxylation is 1. The minimum Gasteiger partial charge on any atom is -0.481 e. The van der Waals surface area contributed by atoms with Crippen molar-refractivity contribution in [1.82, 2.24) is 29.9 Å². The normalized spacial score (nSPS) is 17.0. The Labute approximate surface area is 408 Å². The molecule has 4 atom stereocenters. The van der Waals surface area contributed by atoms with E-state index in [1.165, 1.54) is 32.9 Å². The van der Waals surface area contributed by atoms with E-state index in [-0.39, 0.29) is 41.6 Å². The number of hydrogen-bond acceptors (Lipinski definition) is 10. The molecule has 0 saturated heterocycles. The van der Waals surface area contributed by atoms with E-state index in [0.717, 1.165) is 37.4 Å². The second kappa shape index (κ2) is 18.5. The van der Waals surface area contributed by atoms with Crippen LogP contribution in [0.25, 0.3) is 22.0 Å². The van der Waals surface area contributed by atoms with E-state index in [9.17, 15) is 71.4 Å². The van der Waals surface area contributed by atoms with Crippen LogP contribution in [0.3, 0.4) is 0 Å². The molecule has 0 radical (unpaired) electrons. The number of alkyl halides is 8. The molecule has 0 fully saturated rings. The topological polar surface area (TPSA) is 204 Å². The minimum atomic E-state index is -5.30. The van der Waals surface area contributed by atoms with E-state index < -0.39 is 161 Å². The highest BCUT2D eigenvalue weighted by atomic mass is 32.2. The molecule has 3 aromatic heterocycles. The Balaban J connectivity index is 1.50. The third-order valence-electron chi connectivity index (χ3n) is 12.0. The number of benzene rings is 2. The quantitative estimate of drug-likeness (QED) is 0.0860. The van der Waals surface area contributed by atoms with Gasteiger partial charge in [-0.3, -0.25) is 23.7 Å². The number of amides is 2. The molecule has 0 unspecified atom stereocenters. The maximum absolute atomic E-state index is 15.7. The van der Waals surface area contributed by atoms with Crippen molar-refractivity contribution in [2.75, 3.05) is 16.8 Å². The molecule has 388 valence electrons. The highest BCUT2D eigenvalue weighted by molar-refractivity contribution is 7.93. The van der Waals surface area contributed by atoms with Crippen LogP contribution < -0.4 is 9.62 Å². The van der Waals surface area contributed by atoms with Crippen molar-refractivity contribution in [3.63, 3.8) is 0 Å². The maximum atomic E-state index is 15.7. The van der Waals surface area contributed by atoms with Gasteiger partial charge in [-0.25, -0.2) is 30.6 Å². The number of aromatic nitrogens is 5. The molecule has 2 aliphatic rings. The van der Waals surface area contributed by atoms with Crippen LogP contribution in [0.15, 0.2) is 42.5 Å². The summed E-state index contributed by atoms with van der Waals surface area (Å²) >= 11 is 0. The van der Waals surface area contributed by atoms with Gasteiger partial charge in [-0.15, -0.1) is 0 Å². The fourth-order valence-corrected chi connectivity index (χ4v) is 9.54. The van der Waals surface area contributed by atoms with E-state index in [4.69, 9.17) is 0 Å². The summed E-state index contributed by atoms with van der Waals surface area (Å²) in [5, 5.41) is 18.7. The number of fused-ring (bicyclic) bond motifs is 4. The van der Waals surface area contributed by atoms with Gasteiger partial charge in [0, 0.05) is 40.3 Å². The van der Waals surface area contributed by atoms with Crippen LogP contribution in [0.4, 0.5) is 49.7 Å². The molecule has 7 rings (SSSR count). The van der Waals surface area contributed by atoms with Crippen molar-refractivity contribution in [1.29, 1.82) is 0 Å². The lowest BCUT2D eigenvalue weighted by Gasteiger charge is -2.24. The number of hydrogen-bond donors (Lipinski definition) is 2. The second-order valence-electron chi connectivity index (χ2n) is 18.0. The number of anilines is 1. The molecule has 2 aliphatic carbocycles. The zero-order chi connectivity index (χ0) is 54.3. The number of sulfonamides is 1. The van der Waals surface area contributed by atoms with Crippen LogP contribution in [0.2, 0.25) is 0 Å². The highest BCUT2D eigenvalue weighted by Crippen LogP contribution is 2.58. The summed E-state index contributed by atoms with van der Waals surface area (Å²) in [6.07, 6.45) is -10.7. The van der Waals surface area contributed by atoms with Crippen molar-refractivity contribution in [2.45, 2.75) is 88.6 Å². The summed E-state index contributed by atoms with van der Waals surface area (Å²) in [5.74, 6) is -7.11. The van der Waals surface area contributed by atoms with Crippen LogP contribution in [0.1, 0.15) is 78.6 Å². The first-order chi connectivity index (χ1) is 33.5. The first kappa shape index (κ1) is 53.8. The largest absolute Gasteiger partial charge is 0.481 e. The van der Waals surface area contributed by atoms with Gasteiger partial charge in [-0.05, 0) is 68.5 Å². The molecular weight excluding hydrogens is 1030 g/mol. The van der Waals surface area contributed by atoms with Gasteiger partial charge < -0.3 is 10.4 Å². The van der Waals surface area contributed by atoms with Crippen LogP contribution in [0.5, 0.6) is 0 Å². The number of nitrogens with one attached hydrogen (secondary N) is 1. The third kappa shape index (κ3) is 10.6. The summed E-state index contributed by atoms with van der Waals surface area (Å²) in [7, 11) is -8.76. The van der Waals surface area contributed by atoms with E-state index in [2.05, 4.69) is 44.2 Å². The highest BCUT2D eigenvalue weighted by Gasteiger charge is 2.62. The summed E-state index contributed by atoms with van der Waals surface area (Å²) in [6.45, 7) is 1.49. The smallest absolute Gasteiger partial charge is 0.435 e. The predicted molar refractivity (Wildman–Crippen MR) is 239 cm³/mol. The lowest BCUT2D eigenvalue weighted by atomic mass is 9.84. The molecule has 5 aromatic rings. The Hall–Kier alpha value is -7.00. The number of rotatable bonds is 14. The van der Waals surface area contributed by atoms with Gasteiger partial charge in [0.05, 0.1) is 35.8 Å². The monoisotopic (exact) mass is 1070 g/mol. The average molecular weight is 1070 g/mol. The lowest BCUT2D eigenvalue weighted by molar-refractivity contribution is -0.143. The molecule has 2 N–H and O–H groups in total. The second-order valence-corrected chi connectivity index (χ2v) is 22.4. The number of nitrogens with zero attached hydrogens (tertiary/aromatic N) is 6. The van der Waals surface area contributed by atoms with Crippen molar-refractivity contribution in [3.8, 4) is 34.8 Å². The Morgan fingerprint density at radius 2 is 1.56 bits per heavy atom. The molecule has 27 heteroatoms. The Morgan fingerprint density at radius 1 is 0.932 bits per heavy atom. The molecule has 3 heterocycles. The number of carbonyl (C=O) groups excluding carboxylic acids is 2. The SMILES string of the molecule is Cc1ccc(-c2ccc(C#CC(C)(C)S(C)(=O)=O)nc2[C@H](Cc2cc(F)cc(F)c2)NC(=O)Cn2nc(C(F)(F)F)c3c2C(F)(F)[C@@H]2C#C[C@H]32)c2c1c(N(C(=O)[C@H](C)CC(=O)O)S(C)(=O)=O)nn2CC(F)(F)F. The van der Waals surface area contributed by atoms with Gasteiger partial charge >= 0.3 is 24.2 Å². The molecule has 73 heavy (non-hydrogen) atoms. The first-order valence-corrected chi connectivity index (χ1v) is 25.1. The maximum Gasteiger partial charge on any atom is 0.435 e. The number of aliphatic carboxylic acids is 1. The zero-order valence-electron chi connectivity index (χ0n) is 38.8. The van der Waals surface area contributed by atoms with Gasteiger partial charge in [0.15, 0.2) is 21.3 Å². The summed E-state index contributed by atoms with van der Waals surface area (Å²) in [4.78, 5) is 44.1. The van der Waals surface area contributed by atoms with E-state index in [1.54, 1.807) is 0 Å². The van der Waals surface area contributed by atoms with Crippen LogP contribution in [-0.4, -0.2) is 87.7 Å². The molecule has 0 saturated carbocycles. The Bertz CT molecular complexity index is 3490. The molecule has 15 nitrogen and oxygen atoms in total. The number of sulfone groups is 1. The number of halogens is 10. The number of carboxylic acids is 1. The fraction of sp³-hybridized carbons (Fsp3) is 0.391. The van der Waals surface area contributed by atoms with Crippen molar-refractivity contribution >= 4 is 54.4 Å². The average Bonchev–Trinajstić information content (AvgIpc) is 3.80. The van der Waals surface area contributed by atoms with E-state index >= 15 is 8.78 Å². The standard InChI is InChI=1S/C46H39F10N7O8S2/c1-22-7-9-29(38-35(22)41(60-62(38)21-44(49,50)51)63(73(6,70)71)42(67)23(2)15-34(65)66)28-10-8-27(13-14-43(3,4)72(5,68)69)57-37(28)32(18-24-16-25(47)19-26(48)17-24)58-33(64)20-61-40-36(39(59-61)46(54,55)56)30-11-12-31(30)45(40,52)53/h7-10,16-17,19,23,30-32H,15,18,20-21H2,1-6H3,(H,58,64)(H,65,66)/t23-,30+,31-,32+/m1/s1. The number of carbonyl (C=O) groups is 3. The predicted octanol–water partition coefficient (Wildman–Crippen LogP) is 6.96. The summed E-state index contributed by atoms with van der Waals surface area (Å²) in [6, 6.07) is 4.99. The molecule has 2 amide bonds. The van der Waals surface area contributed by atoms with Gasteiger partial charge in [-0.2, -0.15) is 49.6 Å². The van der Waals surface area contributed by atoms with Crippen LogP contribution in [-0.2, 0) is 65.9 Å². The first-order valence-electron chi connectivity index (χ1n) is 21.4. The number of carboxylic acid groups (broad SMARTS) is 1. The summed E-state index contributed by atoms with van der Waals surface area (Å²) < 4.78 is 198. The van der Waals surface area contributed by atoms with Gasteiger partial charge in [0.25, 0.3) is 0 Å². The molecular formula is C46H39F10N7O8S2. The van der Waals surface area contributed by atoms with E-state index in [0.29, 0.717) is 12.3 Å². The minimum absolute atomic E-state index is 0.00442. The molecule has 2 aromatic carbocycles. The molecule has 0 aliphatic heterocycles. The van der Waals surface area contributed by atoms with Crippen molar-refractivity contribution in [2.24, 2.45) is 11.8 Å². The van der Waals surface area contributed by atoms with Gasteiger partial charge in [0.2, 0.25) is 21.8 Å². The van der Waals surface area contributed by atoms with Crippen molar-refractivity contribution in [3.05, 3.63) is 93.6 Å². The molecule has 0 bridgehead atoms. The van der Waals surface area contributed by atoms with Crippen LogP contribution >= 0.6 is 0 Å². The fourth-order valence-electron chi connectivity index (χ4n) is 8.36. The van der Waals surface area contributed by atoms with Gasteiger partial charge in [-0.1, -0.05) is 36.8 Å². The van der Waals surface area contributed by atoms with Gasteiger partial charge in [0.1, 0.15) is 46.8 Å². The zero-order valence-corrected chi connectivity index (χ0v) is 40.4.